The molecule has 1 atom stereocenters. The fraction of sp³-hybridized carbons (Fsp3) is 0.583. The molecular formula is C12H17NO4. The monoisotopic (exact) mass is 239 g/mol. The lowest BCUT2D eigenvalue weighted by molar-refractivity contribution is -0.0184. The smallest absolute Gasteiger partial charge is 0.257 e. The van der Waals surface area contributed by atoms with Crippen molar-refractivity contribution in [1.29, 1.82) is 0 Å². The van der Waals surface area contributed by atoms with Crippen molar-refractivity contribution < 1.29 is 19.1 Å². The average Bonchev–Trinajstić information content (AvgIpc) is 2.86. The number of morpholine rings is 1. The molecular weight excluding hydrogens is 222 g/mol. The molecule has 1 aliphatic rings. The number of amides is 1. The maximum Gasteiger partial charge on any atom is 0.257 e. The Balaban J connectivity index is 2.18. The van der Waals surface area contributed by atoms with Gasteiger partial charge in [-0.3, -0.25) is 4.79 Å². The summed E-state index contributed by atoms with van der Waals surface area (Å²) in [5, 5.41) is 9.24. The van der Waals surface area contributed by atoms with Crippen LogP contribution in [0.25, 0.3) is 0 Å². The summed E-state index contributed by atoms with van der Waals surface area (Å²) in [5.41, 5.74) is 0.591. The lowest BCUT2D eigenvalue weighted by Crippen LogP contribution is -2.50. The summed E-state index contributed by atoms with van der Waals surface area (Å²) in [4.78, 5) is 14.0. The van der Waals surface area contributed by atoms with Gasteiger partial charge in [0.05, 0.1) is 37.7 Å². The lowest BCUT2D eigenvalue weighted by atomic mass is 10.1. The third-order valence-corrected chi connectivity index (χ3v) is 3.00. The minimum Gasteiger partial charge on any atom is -0.469 e. The first kappa shape index (κ1) is 12.1. The van der Waals surface area contributed by atoms with E-state index in [0.29, 0.717) is 37.5 Å². The van der Waals surface area contributed by atoms with Crippen molar-refractivity contribution in [2.75, 3.05) is 26.4 Å². The van der Waals surface area contributed by atoms with Crippen molar-refractivity contribution in [3.63, 3.8) is 0 Å². The van der Waals surface area contributed by atoms with Crippen molar-refractivity contribution in [1.82, 2.24) is 4.90 Å². The van der Waals surface area contributed by atoms with E-state index in [-0.39, 0.29) is 18.6 Å². The maximum absolute atomic E-state index is 12.3. The number of hydrogen-bond acceptors (Lipinski definition) is 4. The molecule has 1 aromatic heterocycles. The average molecular weight is 239 g/mol. The van der Waals surface area contributed by atoms with Crippen LogP contribution in [0.1, 0.15) is 23.0 Å². The number of nitrogens with zero attached hydrogens (tertiary/aromatic N) is 1. The van der Waals surface area contributed by atoms with Crippen LogP contribution in [0.15, 0.2) is 16.7 Å². The van der Waals surface area contributed by atoms with E-state index in [0.717, 1.165) is 0 Å². The van der Waals surface area contributed by atoms with Gasteiger partial charge in [0, 0.05) is 13.0 Å². The molecule has 17 heavy (non-hydrogen) atoms. The maximum atomic E-state index is 12.3. The number of carbonyl (C=O) groups is 1. The first-order chi connectivity index (χ1) is 8.27. The molecule has 2 rings (SSSR count). The highest BCUT2D eigenvalue weighted by molar-refractivity contribution is 5.95. The molecule has 0 radical (unpaired) electrons. The SMILES string of the molecule is CCc1occc1C(=O)N1CCOCC1CO. The molecule has 1 N–H and O–H groups in total. The quantitative estimate of drug-likeness (QED) is 0.842. The van der Waals surface area contributed by atoms with Gasteiger partial charge in [-0.1, -0.05) is 6.92 Å². The number of aliphatic hydroxyl groups excluding tert-OH is 1. The topological polar surface area (TPSA) is 62.9 Å². The highest BCUT2D eigenvalue weighted by Crippen LogP contribution is 2.17. The molecule has 0 saturated carbocycles. The van der Waals surface area contributed by atoms with E-state index < -0.39 is 0 Å². The molecule has 1 aromatic rings. The van der Waals surface area contributed by atoms with E-state index >= 15 is 0 Å². The van der Waals surface area contributed by atoms with E-state index in [2.05, 4.69) is 0 Å². The first-order valence-electron chi connectivity index (χ1n) is 5.83. The van der Waals surface area contributed by atoms with Gasteiger partial charge in [-0.25, -0.2) is 0 Å². The highest BCUT2D eigenvalue weighted by Gasteiger charge is 2.29. The number of aliphatic hydroxyl groups is 1. The van der Waals surface area contributed by atoms with E-state index in [4.69, 9.17) is 9.15 Å². The van der Waals surface area contributed by atoms with Crippen molar-refractivity contribution >= 4 is 5.91 Å². The normalized spacial score (nSPS) is 20.6. The third kappa shape index (κ3) is 2.35. The number of furan rings is 1. The minimum atomic E-state index is -0.254. The van der Waals surface area contributed by atoms with Crippen LogP contribution < -0.4 is 0 Å². The summed E-state index contributed by atoms with van der Waals surface area (Å²) in [6, 6.07) is 1.43. The van der Waals surface area contributed by atoms with E-state index in [9.17, 15) is 9.90 Å². The Morgan fingerprint density at radius 3 is 3.18 bits per heavy atom. The van der Waals surface area contributed by atoms with Crippen LogP contribution in [0, 0.1) is 0 Å². The Kier molecular flexibility index (Phi) is 3.81. The van der Waals surface area contributed by atoms with Crippen LogP contribution in [0.4, 0.5) is 0 Å². The molecule has 1 saturated heterocycles. The number of rotatable bonds is 3. The zero-order chi connectivity index (χ0) is 12.3. The Labute approximate surface area is 100.0 Å². The zero-order valence-electron chi connectivity index (χ0n) is 9.89. The Bertz CT molecular complexity index is 388. The third-order valence-electron chi connectivity index (χ3n) is 3.00. The number of hydrogen-bond donors (Lipinski definition) is 1. The second kappa shape index (κ2) is 5.33. The van der Waals surface area contributed by atoms with Gasteiger partial charge in [0.1, 0.15) is 5.76 Å². The second-order valence-electron chi connectivity index (χ2n) is 4.02. The Morgan fingerprint density at radius 2 is 2.47 bits per heavy atom. The zero-order valence-corrected chi connectivity index (χ0v) is 9.89. The van der Waals surface area contributed by atoms with Crippen LogP contribution in [-0.4, -0.2) is 48.3 Å². The molecule has 5 heteroatoms. The van der Waals surface area contributed by atoms with Gasteiger partial charge in [-0.2, -0.15) is 0 Å². The molecule has 94 valence electrons. The van der Waals surface area contributed by atoms with Gasteiger partial charge >= 0.3 is 0 Å². The molecule has 1 aliphatic heterocycles. The van der Waals surface area contributed by atoms with Crippen molar-refractivity contribution in [2.24, 2.45) is 0 Å². The van der Waals surface area contributed by atoms with Crippen LogP contribution in [0.2, 0.25) is 0 Å². The predicted molar refractivity (Wildman–Crippen MR) is 60.8 cm³/mol. The van der Waals surface area contributed by atoms with Gasteiger partial charge in [-0.05, 0) is 6.07 Å². The molecule has 1 amide bonds. The first-order valence-corrected chi connectivity index (χ1v) is 5.83. The number of aryl methyl sites for hydroxylation is 1. The second-order valence-corrected chi connectivity index (χ2v) is 4.02. The lowest BCUT2D eigenvalue weighted by Gasteiger charge is -2.34. The predicted octanol–water partition coefficient (Wildman–Crippen LogP) is 0.675. The number of carbonyl (C=O) groups excluding carboxylic acids is 1. The van der Waals surface area contributed by atoms with Crippen LogP contribution in [0.5, 0.6) is 0 Å². The fourth-order valence-corrected chi connectivity index (χ4v) is 2.03. The van der Waals surface area contributed by atoms with Crippen molar-refractivity contribution in [3.8, 4) is 0 Å². The largest absolute Gasteiger partial charge is 0.469 e. The molecule has 5 nitrogen and oxygen atoms in total. The Morgan fingerprint density at radius 1 is 1.65 bits per heavy atom. The molecule has 2 heterocycles. The summed E-state index contributed by atoms with van der Waals surface area (Å²) < 4.78 is 10.5. The summed E-state index contributed by atoms with van der Waals surface area (Å²) >= 11 is 0. The molecule has 0 aliphatic carbocycles. The standard InChI is InChI=1S/C12H17NO4/c1-2-11-10(3-5-17-11)12(15)13-4-6-16-8-9(13)7-14/h3,5,9,14H,2,4,6-8H2,1H3. The van der Waals surface area contributed by atoms with E-state index in [1.165, 1.54) is 6.26 Å². The van der Waals surface area contributed by atoms with Crippen LogP contribution >= 0.6 is 0 Å². The molecule has 1 fully saturated rings. The van der Waals surface area contributed by atoms with Crippen LogP contribution in [0.3, 0.4) is 0 Å². The summed E-state index contributed by atoms with van der Waals surface area (Å²) in [7, 11) is 0. The molecule has 0 spiro atoms. The molecule has 0 bridgehead atoms. The number of ether oxygens (including phenoxy) is 1. The summed E-state index contributed by atoms with van der Waals surface area (Å²) in [5.74, 6) is 0.608. The van der Waals surface area contributed by atoms with Gasteiger partial charge < -0.3 is 19.2 Å². The van der Waals surface area contributed by atoms with Crippen LogP contribution in [-0.2, 0) is 11.2 Å². The van der Waals surface area contributed by atoms with Crippen molar-refractivity contribution in [3.05, 3.63) is 23.7 Å². The van der Waals surface area contributed by atoms with Gasteiger partial charge in [0.2, 0.25) is 0 Å². The van der Waals surface area contributed by atoms with Gasteiger partial charge in [0.15, 0.2) is 0 Å². The minimum absolute atomic E-state index is 0.0783. The molecule has 0 aromatic carbocycles. The molecule has 1 unspecified atom stereocenters. The Hall–Kier alpha value is -1.33. The van der Waals surface area contributed by atoms with Gasteiger partial charge in [0.25, 0.3) is 5.91 Å². The summed E-state index contributed by atoms with van der Waals surface area (Å²) in [6.45, 7) is 3.28. The van der Waals surface area contributed by atoms with Crippen molar-refractivity contribution in [2.45, 2.75) is 19.4 Å². The van der Waals surface area contributed by atoms with E-state index in [1.807, 2.05) is 6.92 Å². The van der Waals surface area contributed by atoms with E-state index in [1.54, 1.807) is 11.0 Å². The highest BCUT2D eigenvalue weighted by atomic mass is 16.5. The summed E-state index contributed by atoms with van der Waals surface area (Å²) in [6.07, 6.45) is 2.21. The van der Waals surface area contributed by atoms with Gasteiger partial charge in [-0.15, -0.1) is 0 Å². The fourth-order valence-electron chi connectivity index (χ4n) is 2.03.